The van der Waals surface area contributed by atoms with E-state index in [0.717, 1.165) is 8.78 Å². The summed E-state index contributed by atoms with van der Waals surface area (Å²) in [6, 6.07) is 13.0. The maximum absolute atomic E-state index is 12.3. The molecule has 27 heavy (non-hydrogen) atoms. The highest BCUT2D eigenvalue weighted by Crippen LogP contribution is 2.23. The van der Waals surface area contributed by atoms with Crippen LogP contribution in [0.25, 0.3) is 0 Å². The molecule has 0 fully saturated rings. The number of carbonyl (C=O) groups is 2. The molecule has 0 bridgehead atoms. The normalized spacial score (nSPS) is 11.3. The molecular formula is C18H20BrN3O4S. The van der Waals surface area contributed by atoms with Crippen LogP contribution in [0.4, 0.5) is 5.69 Å². The van der Waals surface area contributed by atoms with Crippen molar-refractivity contribution >= 4 is 43.5 Å². The van der Waals surface area contributed by atoms with Gasteiger partial charge in [-0.15, -0.1) is 0 Å². The highest BCUT2D eigenvalue weighted by Gasteiger charge is 2.21. The summed E-state index contributed by atoms with van der Waals surface area (Å²) in [6.45, 7) is 0.128. The van der Waals surface area contributed by atoms with Gasteiger partial charge in [0.1, 0.15) is 4.90 Å². The van der Waals surface area contributed by atoms with E-state index in [-0.39, 0.29) is 29.5 Å². The Balaban J connectivity index is 1.95. The summed E-state index contributed by atoms with van der Waals surface area (Å²) in [5, 5.41) is 5.25. The molecule has 7 nitrogen and oxygen atoms in total. The molecule has 0 aliphatic heterocycles. The fourth-order valence-corrected chi connectivity index (χ4v) is 3.50. The maximum Gasteiger partial charge on any atom is 0.251 e. The molecule has 0 saturated heterocycles. The van der Waals surface area contributed by atoms with Crippen LogP contribution in [0.2, 0.25) is 0 Å². The van der Waals surface area contributed by atoms with E-state index in [1.165, 1.54) is 26.2 Å². The van der Waals surface area contributed by atoms with Crippen molar-refractivity contribution in [3.8, 4) is 0 Å². The van der Waals surface area contributed by atoms with E-state index in [0.29, 0.717) is 5.56 Å². The number of benzene rings is 2. The third kappa shape index (κ3) is 5.62. The molecule has 9 heteroatoms. The second kappa shape index (κ2) is 9.12. The van der Waals surface area contributed by atoms with Crippen LogP contribution in [0.1, 0.15) is 16.8 Å². The van der Waals surface area contributed by atoms with Gasteiger partial charge < -0.3 is 10.6 Å². The first-order valence-electron chi connectivity index (χ1n) is 8.07. The van der Waals surface area contributed by atoms with Crippen LogP contribution >= 0.6 is 15.9 Å². The Labute approximate surface area is 166 Å². The van der Waals surface area contributed by atoms with Gasteiger partial charge in [-0.25, -0.2) is 12.7 Å². The van der Waals surface area contributed by atoms with Crippen LogP contribution in [0.5, 0.6) is 0 Å². The minimum atomic E-state index is -3.68. The average molecular weight is 454 g/mol. The Morgan fingerprint density at radius 3 is 2.30 bits per heavy atom. The zero-order valence-electron chi connectivity index (χ0n) is 14.9. The number of nitrogens with one attached hydrogen (secondary N) is 2. The number of halogens is 1. The molecule has 0 heterocycles. The molecule has 2 aromatic rings. The zero-order valence-corrected chi connectivity index (χ0v) is 17.3. The van der Waals surface area contributed by atoms with E-state index in [1.807, 2.05) is 0 Å². The maximum atomic E-state index is 12.3. The minimum Gasteiger partial charge on any atom is -0.352 e. The van der Waals surface area contributed by atoms with Crippen molar-refractivity contribution in [3.05, 3.63) is 58.6 Å². The van der Waals surface area contributed by atoms with Gasteiger partial charge >= 0.3 is 0 Å². The Hall–Kier alpha value is -2.23. The highest BCUT2D eigenvalue weighted by atomic mass is 79.9. The lowest BCUT2D eigenvalue weighted by molar-refractivity contribution is -0.116. The molecule has 144 valence electrons. The van der Waals surface area contributed by atoms with Gasteiger partial charge in [0.25, 0.3) is 5.91 Å². The average Bonchev–Trinajstić information content (AvgIpc) is 2.62. The standard InChI is InChI=1S/C18H20BrN3O4S/c1-22(2)27(25,26)16-6-4-3-5-15(16)21-17(23)11-12-20-18(24)13-7-9-14(19)10-8-13/h3-10H,11-12H2,1-2H3,(H,20,24)(H,21,23). The number of amides is 2. The third-order valence-electron chi connectivity index (χ3n) is 3.66. The van der Waals surface area contributed by atoms with Crippen LogP contribution in [0.15, 0.2) is 57.9 Å². The van der Waals surface area contributed by atoms with Gasteiger partial charge in [-0.1, -0.05) is 28.1 Å². The van der Waals surface area contributed by atoms with E-state index in [9.17, 15) is 18.0 Å². The van der Waals surface area contributed by atoms with Crippen molar-refractivity contribution in [2.75, 3.05) is 26.0 Å². The first-order valence-corrected chi connectivity index (χ1v) is 10.3. The number of carbonyl (C=O) groups excluding carboxylic acids is 2. The minimum absolute atomic E-state index is 0.0125. The van der Waals surface area contributed by atoms with Crippen molar-refractivity contribution in [1.29, 1.82) is 0 Å². The fourth-order valence-electron chi connectivity index (χ4n) is 2.20. The van der Waals surface area contributed by atoms with Gasteiger partial charge in [0, 0.05) is 37.1 Å². The number of rotatable bonds is 7. The summed E-state index contributed by atoms with van der Waals surface area (Å²) >= 11 is 3.30. The van der Waals surface area contributed by atoms with Gasteiger partial charge in [0.05, 0.1) is 5.69 Å². The highest BCUT2D eigenvalue weighted by molar-refractivity contribution is 9.10. The summed E-state index contributed by atoms with van der Waals surface area (Å²) in [4.78, 5) is 24.2. The smallest absolute Gasteiger partial charge is 0.251 e. The molecule has 0 saturated carbocycles. The van der Waals surface area contributed by atoms with Gasteiger partial charge in [-0.05, 0) is 36.4 Å². The van der Waals surface area contributed by atoms with Gasteiger partial charge in [-0.3, -0.25) is 9.59 Å². The van der Waals surface area contributed by atoms with Gasteiger partial charge in [-0.2, -0.15) is 0 Å². The molecule has 0 atom stereocenters. The number of anilines is 1. The molecule has 0 aliphatic carbocycles. The first-order chi connectivity index (χ1) is 12.7. The number of sulfonamides is 1. The van der Waals surface area contributed by atoms with Gasteiger partial charge in [0.2, 0.25) is 15.9 Å². The summed E-state index contributed by atoms with van der Waals surface area (Å²) in [5.74, 6) is -0.682. The summed E-state index contributed by atoms with van der Waals surface area (Å²) < 4.78 is 26.6. The summed E-state index contributed by atoms with van der Waals surface area (Å²) in [7, 11) is -0.837. The van der Waals surface area contributed by atoms with Crippen molar-refractivity contribution in [2.45, 2.75) is 11.3 Å². The van der Waals surface area contributed by atoms with E-state index in [1.54, 1.807) is 36.4 Å². The van der Waals surface area contributed by atoms with Crippen LogP contribution in [-0.4, -0.2) is 45.2 Å². The van der Waals surface area contributed by atoms with Crippen LogP contribution in [-0.2, 0) is 14.8 Å². The van der Waals surface area contributed by atoms with E-state index >= 15 is 0 Å². The Bertz CT molecular complexity index is 928. The second-order valence-corrected chi connectivity index (χ2v) is 8.88. The molecular weight excluding hydrogens is 434 g/mol. The first kappa shape index (κ1) is 21.1. The fraction of sp³-hybridized carbons (Fsp3) is 0.222. The number of hydrogen-bond acceptors (Lipinski definition) is 4. The number of para-hydroxylation sites is 1. The molecule has 0 spiro atoms. The largest absolute Gasteiger partial charge is 0.352 e. The lowest BCUT2D eigenvalue weighted by Crippen LogP contribution is -2.28. The molecule has 0 aliphatic rings. The van der Waals surface area contributed by atoms with Crippen molar-refractivity contribution in [2.24, 2.45) is 0 Å². The van der Waals surface area contributed by atoms with E-state index < -0.39 is 15.9 Å². The predicted octanol–water partition coefficient (Wildman–Crippen LogP) is 2.46. The molecule has 2 N–H and O–H groups in total. The Kier molecular flexibility index (Phi) is 7.11. The lowest BCUT2D eigenvalue weighted by Gasteiger charge is -2.15. The number of hydrogen-bond donors (Lipinski definition) is 2. The Morgan fingerprint density at radius 1 is 1.04 bits per heavy atom. The summed E-state index contributed by atoms with van der Waals surface area (Å²) in [6.07, 6.45) is 0.0125. The van der Waals surface area contributed by atoms with E-state index in [2.05, 4.69) is 26.6 Å². The van der Waals surface area contributed by atoms with Crippen molar-refractivity contribution < 1.29 is 18.0 Å². The van der Waals surface area contributed by atoms with Crippen molar-refractivity contribution in [1.82, 2.24) is 9.62 Å². The summed E-state index contributed by atoms with van der Waals surface area (Å²) in [5.41, 5.74) is 0.691. The SMILES string of the molecule is CN(C)S(=O)(=O)c1ccccc1NC(=O)CCNC(=O)c1ccc(Br)cc1. The monoisotopic (exact) mass is 453 g/mol. The molecule has 2 aromatic carbocycles. The lowest BCUT2D eigenvalue weighted by atomic mass is 10.2. The van der Waals surface area contributed by atoms with Gasteiger partial charge in [0.15, 0.2) is 0 Å². The quantitative estimate of drug-likeness (QED) is 0.672. The third-order valence-corrected chi connectivity index (χ3v) is 6.07. The van der Waals surface area contributed by atoms with E-state index in [4.69, 9.17) is 0 Å². The zero-order chi connectivity index (χ0) is 20.0. The predicted molar refractivity (Wildman–Crippen MR) is 107 cm³/mol. The number of nitrogens with zero attached hydrogens (tertiary/aromatic N) is 1. The topological polar surface area (TPSA) is 95.6 Å². The van der Waals surface area contributed by atoms with Crippen LogP contribution < -0.4 is 10.6 Å². The molecule has 2 rings (SSSR count). The molecule has 0 radical (unpaired) electrons. The van der Waals surface area contributed by atoms with Crippen molar-refractivity contribution in [3.63, 3.8) is 0 Å². The molecule has 2 amide bonds. The van der Waals surface area contributed by atoms with Crippen LogP contribution in [0.3, 0.4) is 0 Å². The molecule has 0 aromatic heterocycles. The van der Waals surface area contributed by atoms with Crippen LogP contribution in [0, 0.1) is 0 Å². The second-order valence-electron chi connectivity index (χ2n) is 5.84. The Morgan fingerprint density at radius 2 is 1.67 bits per heavy atom. The molecule has 0 unspecified atom stereocenters.